The van der Waals surface area contributed by atoms with Gasteiger partial charge >= 0.3 is 5.97 Å². The summed E-state index contributed by atoms with van der Waals surface area (Å²) in [6.45, 7) is 2.82. The SMILES string of the molecule is C[C@H](c1ccccc1)N(Cc1ccccc1)C(CC(=O)O)c1ccc(-c2ccccc2)cc1. The van der Waals surface area contributed by atoms with Crippen molar-refractivity contribution < 1.29 is 9.90 Å². The molecule has 3 nitrogen and oxygen atoms in total. The van der Waals surface area contributed by atoms with Gasteiger partial charge in [0, 0.05) is 18.6 Å². The number of nitrogens with zero attached hydrogens (tertiary/aromatic N) is 1. The van der Waals surface area contributed by atoms with Crippen molar-refractivity contribution in [3.8, 4) is 11.1 Å². The first kappa shape index (κ1) is 22.5. The van der Waals surface area contributed by atoms with Gasteiger partial charge in [-0.2, -0.15) is 0 Å². The topological polar surface area (TPSA) is 40.5 Å². The highest BCUT2D eigenvalue weighted by Gasteiger charge is 2.28. The van der Waals surface area contributed by atoms with Crippen LogP contribution in [0, 0.1) is 0 Å². The molecule has 166 valence electrons. The molecule has 0 heterocycles. The summed E-state index contributed by atoms with van der Waals surface area (Å²) in [5.74, 6) is -0.801. The van der Waals surface area contributed by atoms with Gasteiger partial charge in [0.2, 0.25) is 0 Å². The molecule has 0 radical (unpaired) electrons. The molecular weight excluding hydrogens is 406 g/mol. The monoisotopic (exact) mass is 435 g/mol. The minimum Gasteiger partial charge on any atom is -0.481 e. The molecule has 1 N–H and O–H groups in total. The summed E-state index contributed by atoms with van der Waals surface area (Å²) in [6, 6.07) is 38.9. The summed E-state index contributed by atoms with van der Waals surface area (Å²) < 4.78 is 0. The highest BCUT2D eigenvalue weighted by molar-refractivity contribution is 5.68. The number of carbonyl (C=O) groups is 1. The zero-order chi connectivity index (χ0) is 23.0. The van der Waals surface area contributed by atoms with Crippen LogP contribution in [0.3, 0.4) is 0 Å². The Labute approximate surface area is 196 Å². The van der Waals surface area contributed by atoms with Gasteiger partial charge in [-0.15, -0.1) is 0 Å². The van der Waals surface area contributed by atoms with Crippen molar-refractivity contribution in [2.24, 2.45) is 0 Å². The quantitative estimate of drug-likeness (QED) is 0.304. The molecule has 0 bridgehead atoms. The number of carboxylic acids is 1. The van der Waals surface area contributed by atoms with E-state index in [0.29, 0.717) is 6.54 Å². The summed E-state index contributed by atoms with van der Waals surface area (Å²) in [5, 5.41) is 9.82. The molecule has 4 aromatic rings. The van der Waals surface area contributed by atoms with Crippen LogP contribution >= 0.6 is 0 Å². The van der Waals surface area contributed by atoms with Crippen molar-refractivity contribution in [3.05, 3.63) is 132 Å². The Kier molecular flexibility index (Phi) is 7.33. The van der Waals surface area contributed by atoms with Crippen LogP contribution in [0.4, 0.5) is 0 Å². The van der Waals surface area contributed by atoms with Gasteiger partial charge in [-0.05, 0) is 34.7 Å². The molecule has 0 saturated heterocycles. The lowest BCUT2D eigenvalue weighted by atomic mass is 9.95. The predicted molar refractivity (Wildman–Crippen MR) is 134 cm³/mol. The van der Waals surface area contributed by atoms with Crippen molar-refractivity contribution in [2.45, 2.75) is 32.0 Å². The van der Waals surface area contributed by atoms with E-state index >= 15 is 0 Å². The molecule has 0 aliphatic heterocycles. The van der Waals surface area contributed by atoms with Crippen LogP contribution in [0.15, 0.2) is 115 Å². The van der Waals surface area contributed by atoms with Gasteiger partial charge in [-0.25, -0.2) is 0 Å². The smallest absolute Gasteiger partial charge is 0.305 e. The van der Waals surface area contributed by atoms with E-state index in [1.54, 1.807) is 0 Å². The Morgan fingerprint density at radius 3 is 1.79 bits per heavy atom. The summed E-state index contributed by atoms with van der Waals surface area (Å²) in [4.78, 5) is 14.3. The van der Waals surface area contributed by atoms with Crippen LogP contribution < -0.4 is 0 Å². The molecule has 33 heavy (non-hydrogen) atoms. The van der Waals surface area contributed by atoms with Crippen molar-refractivity contribution in [3.63, 3.8) is 0 Å². The first-order valence-electron chi connectivity index (χ1n) is 11.3. The summed E-state index contributed by atoms with van der Waals surface area (Å²) in [6.07, 6.45) is 0.0364. The largest absolute Gasteiger partial charge is 0.481 e. The number of carboxylic acid groups (broad SMARTS) is 1. The van der Waals surface area contributed by atoms with Gasteiger partial charge in [-0.3, -0.25) is 9.69 Å². The van der Waals surface area contributed by atoms with E-state index in [9.17, 15) is 9.90 Å². The van der Waals surface area contributed by atoms with Crippen molar-refractivity contribution in [2.75, 3.05) is 0 Å². The Hall–Kier alpha value is -3.69. The Morgan fingerprint density at radius 2 is 1.21 bits per heavy atom. The van der Waals surface area contributed by atoms with Crippen molar-refractivity contribution >= 4 is 5.97 Å². The molecule has 0 aliphatic carbocycles. The molecule has 3 heteroatoms. The summed E-state index contributed by atoms with van der Waals surface area (Å²) in [7, 11) is 0. The van der Waals surface area contributed by atoms with Gasteiger partial charge in [-0.1, -0.05) is 115 Å². The summed E-state index contributed by atoms with van der Waals surface area (Å²) in [5.41, 5.74) is 5.62. The van der Waals surface area contributed by atoms with Crippen LogP contribution in [0.1, 0.15) is 42.1 Å². The van der Waals surface area contributed by atoms with Crippen LogP contribution in [-0.2, 0) is 11.3 Å². The third-order valence-electron chi connectivity index (χ3n) is 6.16. The Morgan fingerprint density at radius 1 is 0.697 bits per heavy atom. The molecule has 1 unspecified atom stereocenters. The molecular formula is C30H29NO2. The lowest BCUT2D eigenvalue weighted by molar-refractivity contribution is -0.138. The van der Waals surface area contributed by atoms with Crippen LogP contribution in [0.25, 0.3) is 11.1 Å². The average molecular weight is 436 g/mol. The molecule has 4 aromatic carbocycles. The lowest BCUT2D eigenvalue weighted by Gasteiger charge is -2.37. The van der Waals surface area contributed by atoms with E-state index in [1.807, 2.05) is 54.6 Å². The fourth-order valence-corrected chi connectivity index (χ4v) is 4.35. The summed E-state index contributed by atoms with van der Waals surface area (Å²) >= 11 is 0. The van der Waals surface area contributed by atoms with Crippen molar-refractivity contribution in [1.82, 2.24) is 4.90 Å². The van der Waals surface area contributed by atoms with E-state index in [2.05, 4.69) is 72.5 Å². The number of benzene rings is 4. The molecule has 4 rings (SSSR count). The number of rotatable bonds is 9. The van der Waals surface area contributed by atoms with E-state index in [4.69, 9.17) is 0 Å². The predicted octanol–water partition coefficient (Wildman–Crippen LogP) is 7.13. The van der Waals surface area contributed by atoms with Crippen LogP contribution in [0.5, 0.6) is 0 Å². The van der Waals surface area contributed by atoms with Gasteiger partial charge in [0.15, 0.2) is 0 Å². The standard InChI is InChI=1S/C30H29NO2/c1-23(25-13-7-3-8-14-25)31(22-24-11-5-2-6-12-24)29(21-30(32)33)28-19-17-27(18-20-28)26-15-9-4-10-16-26/h2-20,23,29H,21-22H2,1H3,(H,32,33)/t23-,29?/m1/s1. The molecule has 0 amide bonds. The van der Waals surface area contributed by atoms with Crippen LogP contribution in [0.2, 0.25) is 0 Å². The second-order valence-corrected chi connectivity index (χ2v) is 8.35. The zero-order valence-electron chi connectivity index (χ0n) is 18.8. The second kappa shape index (κ2) is 10.8. The zero-order valence-corrected chi connectivity index (χ0v) is 18.8. The lowest BCUT2D eigenvalue weighted by Crippen LogP contribution is -2.32. The molecule has 0 aromatic heterocycles. The highest BCUT2D eigenvalue weighted by Crippen LogP contribution is 2.35. The van der Waals surface area contributed by atoms with Gasteiger partial charge in [0.05, 0.1) is 6.42 Å². The minimum absolute atomic E-state index is 0.0364. The number of aliphatic carboxylic acids is 1. The third kappa shape index (κ3) is 5.76. The fraction of sp³-hybridized carbons (Fsp3) is 0.167. The Bertz CT molecular complexity index is 1140. The highest BCUT2D eigenvalue weighted by atomic mass is 16.4. The number of hydrogen-bond donors (Lipinski definition) is 1. The first-order chi connectivity index (χ1) is 16.1. The second-order valence-electron chi connectivity index (χ2n) is 8.35. The maximum atomic E-state index is 12.0. The minimum atomic E-state index is -0.801. The van der Waals surface area contributed by atoms with Crippen LogP contribution in [-0.4, -0.2) is 16.0 Å². The van der Waals surface area contributed by atoms with E-state index in [-0.39, 0.29) is 18.5 Å². The third-order valence-corrected chi connectivity index (χ3v) is 6.16. The van der Waals surface area contributed by atoms with Gasteiger partial charge in [0.1, 0.15) is 0 Å². The van der Waals surface area contributed by atoms with E-state index < -0.39 is 5.97 Å². The first-order valence-corrected chi connectivity index (χ1v) is 11.3. The molecule has 0 aliphatic rings. The number of hydrogen-bond acceptors (Lipinski definition) is 2. The normalized spacial score (nSPS) is 12.9. The molecule has 0 saturated carbocycles. The molecule has 2 atom stereocenters. The van der Waals surface area contributed by atoms with Gasteiger partial charge < -0.3 is 5.11 Å². The van der Waals surface area contributed by atoms with E-state index in [0.717, 1.165) is 22.3 Å². The van der Waals surface area contributed by atoms with Gasteiger partial charge in [0.25, 0.3) is 0 Å². The van der Waals surface area contributed by atoms with E-state index in [1.165, 1.54) is 5.56 Å². The fourth-order valence-electron chi connectivity index (χ4n) is 4.35. The average Bonchev–Trinajstić information content (AvgIpc) is 2.87. The maximum absolute atomic E-state index is 12.0. The molecule has 0 fully saturated rings. The van der Waals surface area contributed by atoms with Crippen molar-refractivity contribution in [1.29, 1.82) is 0 Å². The maximum Gasteiger partial charge on any atom is 0.305 e. The molecule has 0 spiro atoms. The Balaban J connectivity index is 1.72.